The van der Waals surface area contributed by atoms with Crippen LogP contribution in [0.2, 0.25) is 0 Å². The number of hydrogen-bond acceptors (Lipinski definition) is 5. The highest BCUT2D eigenvalue weighted by Gasteiger charge is 2.25. The van der Waals surface area contributed by atoms with Gasteiger partial charge in [0.05, 0.1) is 0 Å². The maximum atomic E-state index is 5.90. The normalized spacial score (nSPS) is 24.3. The minimum atomic E-state index is 0.332. The maximum absolute atomic E-state index is 5.90. The second-order valence-electron chi connectivity index (χ2n) is 4.93. The van der Waals surface area contributed by atoms with Crippen molar-refractivity contribution in [3.8, 4) is 11.6 Å². The van der Waals surface area contributed by atoms with E-state index in [1.54, 1.807) is 6.20 Å². The van der Waals surface area contributed by atoms with Crippen LogP contribution in [-0.2, 0) is 7.05 Å². The molecule has 1 saturated carbocycles. The number of imidazole rings is 1. The first-order valence-electron chi connectivity index (χ1n) is 6.31. The predicted molar refractivity (Wildman–Crippen MR) is 65.7 cm³/mol. The van der Waals surface area contributed by atoms with Crippen molar-refractivity contribution in [1.29, 1.82) is 0 Å². The summed E-state index contributed by atoms with van der Waals surface area (Å²) in [5.74, 6) is 2.37. The van der Waals surface area contributed by atoms with Gasteiger partial charge in [0.1, 0.15) is 0 Å². The maximum Gasteiger partial charge on any atom is 0.238 e. The lowest BCUT2D eigenvalue weighted by Crippen LogP contribution is -2.25. The van der Waals surface area contributed by atoms with Crippen molar-refractivity contribution in [3.63, 3.8) is 0 Å². The van der Waals surface area contributed by atoms with Crippen molar-refractivity contribution >= 4 is 0 Å². The predicted octanol–water partition coefficient (Wildman–Crippen LogP) is 1.45. The molecule has 6 heteroatoms. The molecule has 0 radical (unpaired) electrons. The second-order valence-corrected chi connectivity index (χ2v) is 4.93. The van der Waals surface area contributed by atoms with E-state index >= 15 is 0 Å². The van der Waals surface area contributed by atoms with E-state index in [0.717, 1.165) is 37.4 Å². The number of nitrogens with zero attached hydrogens (tertiary/aromatic N) is 4. The summed E-state index contributed by atoms with van der Waals surface area (Å²) < 4.78 is 7.24. The van der Waals surface area contributed by atoms with Crippen LogP contribution in [0.1, 0.15) is 37.5 Å². The Hall–Kier alpha value is -1.69. The lowest BCUT2D eigenvalue weighted by molar-refractivity contribution is 0.301. The molecule has 6 nitrogen and oxygen atoms in total. The van der Waals surface area contributed by atoms with Gasteiger partial charge in [0, 0.05) is 31.4 Å². The van der Waals surface area contributed by atoms with Crippen LogP contribution in [0.25, 0.3) is 11.6 Å². The molecule has 0 atom stereocenters. The molecular weight excluding hydrogens is 230 g/mol. The molecule has 0 bridgehead atoms. The third-order valence-electron chi connectivity index (χ3n) is 3.58. The monoisotopic (exact) mass is 247 g/mol. The molecule has 2 N–H and O–H groups in total. The fraction of sp³-hybridized carbons (Fsp3) is 0.583. The largest absolute Gasteiger partial charge is 0.339 e. The molecule has 96 valence electrons. The molecule has 1 aliphatic carbocycles. The van der Waals surface area contributed by atoms with Crippen molar-refractivity contribution in [2.45, 2.75) is 37.6 Å². The molecule has 3 rings (SSSR count). The summed E-state index contributed by atoms with van der Waals surface area (Å²) in [5, 5.41) is 4.01. The van der Waals surface area contributed by atoms with Gasteiger partial charge in [0.15, 0.2) is 5.82 Å². The van der Waals surface area contributed by atoms with Crippen LogP contribution < -0.4 is 5.73 Å². The summed E-state index contributed by atoms with van der Waals surface area (Å²) in [7, 11) is 1.91. The first kappa shape index (κ1) is 11.4. The van der Waals surface area contributed by atoms with Crippen molar-refractivity contribution in [2.24, 2.45) is 12.8 Å². The highest BCUT2D eigenvalue weighted by Crippen LogP contribution is 2.31. The summed E-state index contributed by atoms with van der Waals surface area (Å²) in [4.78, 5) is 8.67. The smallest absolute Gasteiger partial charge is 0.238 e. The van der Waals surface area contributed by atoms with E-state index < -0.39 is 0 Å². The Kier molecular flexibility index (Phi) is 2.87. The van der Waals surface area contributed by atoms with Gasteiger partial charge in [0.2, 0.25) is 11.7 Å². The van der Waals surface area contributed by atoms with Crippen molar-refractivity contribution < 1.29 is 4.52 Å². The van der Waals surface area contributed by atoms with Gasteiger partial charge in [-0.25, -0.2) is 4.98 Å². The molecule has 0 spiro atoms. The molecule has 0 aliphatic heterocycles. The van der Waals surface area contributed by atoms with Crippen LogP contribution >= 0.6 is 0 Å². The molecule has 0 amide bonds. The Morgan fingerprint density at radius 2 is 2.11 bits per heavy atom. The highest BCUT2D eigenvalue weighted by atomic mass is 16.5. The fourth-order valence-corrected chi connectivity index (χ4v) is 2.44. The molecule has 2 aromatic heterocycles. The van der Waals surface area contributed by atoms with Gasteiger partial charge in [-0.15, -0.1) is 0 Å². The zero-order valence-electron chi connectivity index (χ0n) is 10.4. The summed E-state index contributed by atoms with van der Waals surface area (Å²) in [6.45, 7) is 0. The Bertz CT molecular complexity index is 524. The van der Waals surface area contributed by atoms with E-state index in [1.165, 1.54) is 0 Å². The summed E-state index contributed by atoms with van der Waals surface area (Å²) in [5.41, 5.74) is 5.90. The number of rotatable bonds is 2. The Balaban J connectivity index is 1.80. The molecular formula is C12H17N5O. The van der Waals surface area contributed by atoms with Gasteiger partial charge < -0.3 is 14.8 Å². The first-order chi connectivity index (χ1) is 8.74. The molecule has 1 aliphatic rings. The first-order valence-corrected chi connectivity index (χ1v) is 6.31. The van der Waals surface area contributed by atoms with E-state index in [2.05, 4.69) is 15.1 Å². The molecule has 0 unspecified atom stereocenters. The third kappa shape index (κ3) is 2.03. The number of nitrogens with two attached hydrogens (primary N) is 1. The fourth-order valence-electron chi connectivity index (χ4n) is 2.44. The molecule has 1 fully saturated rings. The van der Waals surface area contributed by atoms with Crippen LogP contribution in [0.3, 0.4) is 0 Å². The molecule has 18 heavy (non-hydrogen) atoms. The zero-order chi connectivity index (χ0) is 12.5. The number of hydrogen-bond donors (Lipinski definition) is 1. The van der Waals surface area contributed by atoms with Gasteiger partial charge in [0.25, 0.3) is 0 Å². The minimum Gasteiger partial charge on any atom is -0.339 e. The van der Waals surface area contributed by atoms with E-state index in [9.17, 15) is 0 Å². The van der Waals surface area contributed by atoms with Crippen molar-refractivity contribution in [2.75, 3.05) is 0 Å². The van der Waals surface area contributed by atoms with Crippen LogP contribution in [0, 0.1) is 0 Å². The van der Waals surface area contributed by atoms with Crippen LogP contribution in [-0.4, -0.2) is 25.7 Å². The quantitative estimate of drug-likeness (QED) is 0.868. The summed E-state index contributed by atoms with van der Waals surface area (Å²) >= 11 is 0. The lowest BCUT2D eigenvalue weighted by atomic mass is 9.86. The Labute approximate surface area is 105 Å². The van der Waals surface area contributed by atoms with Gasteiger partial charge in [-0.05, 0) is 25.7 Å². The summed E-state index contributed by atoms with van der Waals surface area (Å²) in [6.07, 6.45) is 7.72. The average molecular weight is 247 g/mol. The Morgan fingerprint density at radius 3 is 2.78 bits per heavy atom. The van der Waals surface area contributed by atoms with E-state index in [-0.39, 0.29) is 0 Å². The number of aromatic nitrogens is 4. The molecule has 2 heterocycles. The molecule has 0 aromatic carbocycles. The summed E-state index contributed by atoms with van der Waals surface area (Å²) in [6, 6.07) is 0.332. The van der Waals surface area contributed by atoms with Gasteiger partial charge >= 0.3 is 0 Å². The third-order valence-corrected chi connectivity index (χ3v) is 3.58. The van der Waals surface area contributed by atoms with Crippen molar-refractivity contribution in [1.82, 2.24) is 19.7 Å². The lowest BCUT2D eigenvalue weighted by Gasteiger charge is -2.22. The Morgan fingerprint density at radius 1 is 1.33 bits per heavy atom. The zero-order valence-corrected chi connectivity index (χ0v) is 10.4. The van der Waals surface area contributed by atoms with Gasteiger partial charge in [-0.3, -0.25) is 0 Å². The van der Waals surface area contributed by atoms with E-state index in [0.29, 0.717) is 17.8 Å². The van der Waals surface area contributed by atoms with E-state index in [1.807, 2.05) is 17.8 Å². The SMILES string of the molecule is Cn1ccnc1-c1noc(C2CCC(N)CC2)n1. The van der Waals surface area contributed by atoms with E-state index in [4.69, 9.17) is 10.3 Å². The van der Waals surface area contributed by atoms with Gasteiger partial charge in [-0.2, -0.15) is 4.98 Å². The number of aryl methyl sites for hydroxylation is 1. The standard InChI is InChI=1S/C12H17N5O/c1-17-7-6-14-11(17)10-15-12(18-16-10)8-2-4-9(13)5-3-8/h6-9H,2-5,13H2,1H3. The van der Waals surface area contributed by atoms with Crippen LogP contribution in [0.15, 0.2) is 16.9 Å². The minimum absolute atomic E-state index is 0.332. The van der Waals surface area contributed by atoms with Crippen LogP contribution in [0.4, 0.5) is 0 Å². The molecule has 0 saturated heterocycles. The highest BCUT2D eigenvalue weighted by molar-refractivity contribution is 5.42. The second kappa shape index (κ2) is 4.53. The van der Waals surface area contributed by atoms with Crippen LogP contribution in [0.5, 0.6) is 0 Å². The average Bonchev–Trinajstić information content (AvgIpc) is 2.98. The topological polar surface area (TPSA) is 82.8 Å². The van der Waals surface area contributed by atoms with Gasteiger partial charge in [-0.1, -0.05) is 5.16 Å². The molecule has 2 aromatic rings. The van der Waals surface area contributed by atoms with Crippen molar-refractivity contribution in [3.05, 3.63) is 18.3 Å².